The predicted octanol–water partition coefficient (Wildman–Crippen LogP) is 5.02. The lowest BCUT2D eigenvalue weighted by molar-refractivity contribution is 0.341. The molecule has 1 aliphatic rings. The van der Waals surface area contributed by atoms with E-state index < -0.39 is 0 Å². The highest BCUT2D eigenvalue weighted by molar-refractivity contribution is 6.31. The minimum atomic E-state index is -0.218. The molecule has 0 aliphatic heterocycles. The molecule has 106 valence electrons. The molecule has 1 aliphatic carbocycles. The van der Waals surface area contributed by atoms with Gasteiger partial charge < -0.3 is 5.32 Å². The molecule has 1 N–H and O–H groups in total. The number of nitrogens with one attached hydrogen (secondary N) is 1. The van der Waals surface area contributed by atoms with Crippen LogP contribution >= 0.6 is 11.6 Å². The molecule has 0 amide bonds. The van der Waals surface area contributed by atoms with Crippen LogP contribution in [0.25, 0.3) is 0 Å². The molecule has 1 aromatic rings. The number of aryl methyl sites for hydroxylation is 1. The van der Waals surface area contributed by atoms with Gasteiger partial charge in [-0.2, -0.15) is 0 Å². The molecule has 1 atom stereocenters. The van der Waals surface area contributed by atoms with E-state index >= 15 is 0 Å². The molecule has 0 bridgehead atoms. The first kappa shape index (κ1) is 14.8. The van der Waals surface area contributed by atoms with Crippen molar-refractivity contribution in [3.63, 3.8) is 0 Å². The third-order valence-electron chi connectivity index (χ3n) is 4.30. The van der Waals surface area contributed by atoms with Crippen LogP contribution < -0.4 is 5.32 Å². The quantitative estimate of drug-likeness (QED) is 0.768. The normalized spacial score (nSPS) is 19.2. The van der Waals surface area contributed by atoms with E-state index in [0.29, 0.717) is 16.5 Å². The van der Waals surface area contributed by atoms with Crippen molar-refractivity contribution in [1.29, 1.82) is 0 Å². The van der Waals surface area contributed by atoms with Crippen LogP contribution in [-0.2, 0) is 0 Å². The van der Waals surface area contributed by atoms with Crippen molar-refractivity contribution in [2.75, 3.05) is 7.05 Å². The molecule has 1 aromatic carbocycles. The Kier molecular flexibility index (Phi) is 5.23. The predicted molar refractivity (Wildman–Crippen MR) is 79.1 cm³/mol. The minimum Gasteiger partial charge on any atom is -0.313 e. The Hall–Kier alpha value is -0.600. The summed E-state index contributed by atoms with van der Waals surface area (Å²) in [5, 5.41) is 3.94. The fourth-order valence-electron chi connectivity index (χ4n) is 3.21. The van der Waals surface area contributed by atoms with Gasteiger partial charge in [0.05, 0.1) is 0 Å². The van der Waals surface area contributed by atoms with Gasteiger partial charge in [-0.3, -0.25) is 0 Å². The number of benzene rings is 1. The second-order valence-corrected chi connectivity index (χ2v) is 6.05. The summed E-state index contributed by atoms with van der Waals surface area (Å²) in [4.78, 5) is 0. The zero-order chi connectivity index (χ0) is 13.8. The Morgan fingerprint density at radius 1 is 1.21 bits per heavy atom. The molecule has 1 nitrogen and oxygen atoms in total. The maximum Gasteiger partial charge on any atom is 0.127 e. The summed E-state index contributed by atoms with van der Waals surface area (Å²) >= 11 is 6.26. The van der Waals surface area contributed by atoms with Crippen LogP contribution in [0.5, 0.6) is 0 Å². The highest BCUT2D eigenvalue weighted by atomic mass is 35.5. The lowest BCUT2D eigenvalue weighted by Crippen LogP contribution is -2.25. The number of rotatable bonds is 3. The number of hydrogen-bond acceptors (Lipinski definition) is 1. The van der Waals surface area contributed by atoms with Crippen molar-refractivity contribution in [2.24, 2.45) is 5.92 Å². The fraction of sp³-hybridized carbons (Fsp3) is 0.625. The third kappa shape index (κ3) is 3.49. The van der Waals surface area contributed by atoms with Gasteiger partial charge in [0.2, 0.25) is 0 Å². The van der Waals surface area contributed by atoms with Gasteiger partial charge in [0.1, 0.15) is 5.82 Å². The van der Waals surface area contributed by atoms with Gasteiger partial charge in [-0.05, 0) is 49.9 Å². The summed E-state index contributed by atoms with van der Waals surface area (Å²) in [7, 11) is 1.98. The van der Waals surface area contributed by atoms with Crippen molar-refractivity contribution >= 4 is 11.6 Å². The van der Waals surface area contributed by atoms with Gasteiger partial charge in [0.15, 0.2) is 0 Å². The molecular weight excluding hydrogens is 261 g/mol. The summed E-state index contributed by atoms with van der Waals surface area (Å²) in [6.45, 7) is 1.80. The highest BCUT2D eigenvalue weighted by Gasteiger charge is 2.25. The molecular formula is C16H23ClFN. The van der Waals surface area contributed by atoms with E-state index in [-0.39, 0.29) is 11.9 Å². The second kappa shape index (κ2) is 6.71. The van der Waals surface area contributed by atoms with Crippen molar-refractivity contribution in [3.8, 4) is 0 Å². The first-order valence-corrected chi connectivity index (χ1v) is 7.64. The van der Waals surface area contributed by atoms with E-state index in [4.69, 9.17) is 11.6 Å². The van der Waals surface area contributed by atoms with E-state index in [0.717, 1.165) is 5.56 Å². The lowest BCUT2D eigenvalue weighted by Gasteiger charge is -2.27. The van der Waals surface area contributed by atoms with Crippen molar-refractivity contribution in [1.82, 2.24) is 5.32 Å². The van der Waals surface area contributed by atoms with E-state index in [1.54, 1.807) is 6.92 Å². The molecule has 0 aromatic heterocycles. The zero-order valence-electron chi connectivity index (χ0n) is 11.8. The summed E-state index contributed by atoms with van der Waals surface area (Å²) in [5.74, 6) is 0.388. The summed E-state index contributed by atoms with van der Waals surface area (Å²) in [6.07, 6.45) is 7.73. The summed E-state index contributed by atoms with van der Waals surface area (Å²) in [5.41, 5.74) is 1.73. The van der Waals surface area contributed by atoms with E-state index in [1.807, 2.05) is 13.1 Å². The number of hydrogen-bond donors (Lipinski definition) is 1. The Morgan fingerprint density at radius 2 is 1.84 bits per heavy atom. The van der Waals surface area contributed by atoms with E-state index in [2.05, 4.69) is 5.32 Å². The van der Waals surface area contributed by atoms with E-state index in [1.165, 1.54) is 44.6 Å². The Morgan fingerprint density at radius 3 is 2.42 bits per heavy atom. The van der Waals surface area contributed by atoms with Crippen LogP contribution in [0, 0.1) is 18.7 Å². The standard InChI is InChI=1S/C16H23ClFN/c1-11-9-13(14(17)10-15(11)18)16(19-2)12-7-5-3-4-6-8-12/h9-10,12,16,19H,3-8H2,1-2H3. The molecule has 0 radical (unpaired) electrons. The van der Waals surface area contributed by atoms with E-state index in [9.17, 15) is 4.39 Å². The molecule has 1 saturated carbocycles. The molecule has 2 rings (SSSR count). The van der Waals surface area contributed by atoms with Gasteiger partial charge in [0.25, 0.3) is 0 Å². The molecule has 19 heavy (non-hydrogen) atoms. The smallest absolute Gasteiger partial charge is 0.127 e. The molecule has 1 fully saturated rings. The molecule has 3 heteroatoms. The molecule has 0 spiro atoms. The van der Waals surface area contributed by atoms with Crippen LogP contribution in [0.1, 0.15) is 55.7 Å². The lowest BCUT2D eigenvalue weighted by atomic mass is 9.86. The largest absolute Gasteiger partial charge is 0.313 e. The van der Waals surface area contributed by atoms with Gasteiger partial charge >= 0.3 is 0 Å². The monoisotopic (exact) mass is 283 g/mol. The van der Waals surface area contributed by atoms with Crippen molar-refractivity contribution < 1.29 is 4.39 Å². The maximum atomic E-state index is 13.5. The molecule has 0 saturated heterocycles. The average Bonchev–Trinajstić information content (AvgIpc) is 2.65. The zero-order valence-corrected chi connectivity index (χ0v) is 12.6. The van der Waals surface area contributed by atoms with Crippen LogP contribution in [0.4, 0.5) is 4.39 Å². The minimum absolute atomic E-state index is 0.218. The topological polar surface area (TPSA) is 12.0 Å². The molecule has 1 unspecified atom stereocenters. The van der Waals surface area contributed by atoms with Gasteiger partial charge in [-0.1, -0.05) is 43.4 Å². The van der Waals surface area contributed by atoms with Crippen LogP contribution in [-0.4, -0.2) is 7.05 Å². The van der Waals surface area contributed by atoms with Gasteiger partial charge in [-0.25, -0.2) is 4.39 Å². The summed E-state index contributed by atoms with van der Waals surface area (Å²) < 4.78 is 13.5. The SMILES string of the molecule is CNC(c1cc(C)c(F)cc1Cl)C1CCCCCC1. The third-order valence-corrected chi connectivity index (χ3v) is 4.62. The first-order chi connectivity index (χ1) is 9.13. The Labute approximate surface area is 120 Å². The van der Waals surface area contributed by atoms with Gasteiger partial charge in [-0.15, -0.1) is 0 Å². The van der Waals surface area contributed by atoms with Crippen molar-refractivity contribution in [3.05, 3.63) is 34.1 Å². The highest BCUT2D eigenvalue weighted by Crippen LogP contribution is 2.36. The molecule has 0 heterocycles. The maximum absolute atomic E-state index is 13.5. The first-order valence-electron chi connectivity index (χ1n) is 7.26. The Bertz CT molecular complexity index is 425. The van der Waals surface area contributed by atoms with Crippen LogP contribution in [0.15, 0.2) is 12.1 Å². The number of halogens is 2. The fourth-order valence-corrected chi connectivity index (χ4v) is 3.48. The van der Waals surface area contributed by atoms with Crippen LogP contribution in [0.2, 0.25) is 5.02 Å². The average molecular weight is 284 g/mol. The van der Waals surface area contributed by atoms with Gasteiger partial charge in [0, 0.05) is 11.1 Å². The van der Waals surface area contributed by atoms with Crippen molar-refractivity contribution in [2.45, 2.75) is 51.5 Å². The van der Waals surface area contributed by atoms with Crippen LogP contribution in [0.3, 0.4) is 0 Å². The Balaban J connectivity index is 2.27. The summed E-state index contributed by atoms with van der Waals surface area (Å²) in [6, 6.07) is 3.60. The second-order valence-electron chi connectivity index (χ2n) is 5.64.